The van der Waals surface area contributed by atoms with Crippen LogP contribution in [0.4, 0.5) is 0 Å². The van der Waals surface area contributed by atoms with Gasteiger partial charge in [0.2, 0.25) is 0 Å². The zero-order valence-electron chi connectivity index (χ0n) is 34.7. The fourth-order valence-corrected chi connectivity index (χ4v) is 6.54. The molecular weight excluding hydrogens is 636 g/mol. The zero-order valence-corrected chi connectivity index (χ0v) is 34.7. The molecule has 0 heterocycles. The van der Waals surface area contributed by atoms with Crippen LogP contribution in [0.1, 0.15) is 240 Å². The lowest BCUT2D eigenvalue weighted by Gasteiger charge is -2.18. The smallest absolute Gasteiger partial charge is 0.306 e. The van der Waals surface area contributed by atoms with Gasteiger partial charge in [0.1, 0.15) is 13.2 Å². The Morgan fingerprint density at radius 3 is 1.12 bits per heavy atom. The molecule has 0 bridgehead atoms. The summed E-state index contributed by atoms with van der Waals surface area (Å²) in [6.07, 6.45) is 35.2. The van der Waals surface area contributed by atoms with Crippen molar-refractivity contribution in [2.24, 2.45) is 11.8 Å². The summed E-state index contributed by atoms with van der Waals surface area (Å²) in [5.74, 6) is 0.760. The Morgan fingerprint density at radius 2 is 0.745 bits per heavy atom. The van der Waals surface area contributed by atoms with Gasteiger partial charge in [0.05, 0.1) is 0 Å². The van der Waals surface area contributed by atoms with Crippen molar-refractivity contribution in [3.63, 3.8) is 0 Å². The molecule has 0 aromatic heterocycles. The lowest BCUT2D eigenvalue weighted by atomic mass is 10.00. The standard InChI is InChI=1S/C45H86O6/c1-6-8-9-10-11-12-13-16-20-27-32-37-45(48)51-42(39-50-44(47)36-31-26-22-21-24-29-34-41(5)7-2)38-49-43(46)35-30-25-19-17-14-15-18-23-28-33-40(3)4/h40-42H,6-39H2,1-5H3/t41?,42-/m1/s1. The van der Waals surface area contributed by atoms with Crippen LogP contribution in [0.5, 0.6) is 0 Å². The molecule has 0 aliphatic rings. The average Bonchev–Trinajstić information content (AvgIpc) is 3.11. The van der Waals surface area contributed by atoms with E-state index in [1.807, 2.05) is 0 Å². The predicted octanol–water partition coefficient (Wildman–Crippen LogP) is 13.8. The van der Waals surface area contributed by atoms with Crippen LogP contribution < -0.4 is 0 Å². The van der Waals surface area contributed by atoms with Gasteiger partial charge in [0.15, 0.2) is 6.10 Å². The Balaban J connectivity index is 4.35. The van der Waals surface area contributed by atoms with E-state index >= 15 is 0 Å². The van der Waals surface area contributed by atoms with Crippen molar-refractivity contribution in [1.82, 2.24) is 0 Å². The van der Waals surface area contributed by atoms with Crippen molar-refractivity contribution >= 4 is 17.9 Å². The van der Waals surface area contributed by atoms with E-state index in [9.17, 15) is 14.4 Å². The highest BCUT2D eigenvalue weighted by atomic mass is 16.6. The molecular formula is C45H86O6. The van der Waals surface area contributed by atoms with E-state index in [1.54, 1.807) is 0 Å². The van der Waals surface area contributed by atoms with Crippen molar-refractivity contribution < 1.29 is 28.6 Å². The third-order valence-corrected chi connectivity index (χ3v) is 10.3. The van der Waals surface area contributed by atoms with Gasteiger partial charge in [-0.1, -0.05) is 202 Å². The van der Waals surface area contributed by atoms with Crippen LogP contribution in [-0.2, 0) is 28.6 Å². The largest absolute Gasteiger partial charge is 0.462 e. The number of ether oxygens (including phenoxy) is 3. The van der Waals surface area contributed by atoms with Gasteiger partial charge in [-0.15, -0.1) is 0 Å². The Hall–Kier alpha value is -1.59. The molecule has 6 nitrogen and oxygen atoms in total. The SMILES string of the molecule is CCCCCCCCCCCCCC(=O)O[C@H](COC(=O)CCCCCCCCCCCC(C)C)COC(=O)CCCCCCCCC(C)CC. The van der Waals surface area contributed by atoms with Gasteiger partial charge in [-0.3, -0.25) is 14.4 Å². The van der Waals surface area contributed by atoms with E-state index in [-0.39, 0.29) is 31.1 Å². The van der Waals surface area contributed by atoms with Gasteiger partial charge in [0.25, 0.3) is 0 Å². The van der Waals surface area contributed by atoms with Crippen LogP contribution in [0.3, 0.4) is 0 Å². The summed E-state index contributed by atoms with van der Waals surface area (Å²) in [5.41, 5.74) is 0. The summed E-state index contributed by atoms with van der Waals surface area (Å²) in [6.45, 7) is 11.3. The van der Waals surface area contributed by atoms with Crippen LogP contribution in [0.15, 0.2) is 0 Å². The number of esters is 3. The number of unbranched alkanes of at least 4 members (excludes halogenated alkanes) is 23. The van der Waals surface area contributed by atoms with Crippen LogP contribution in [-0.4, -0.2) is 37.2 Å². The molecule has 0 rings (SSSR count). The van der Waals surface area contributed by atoms with E-state index in [0.29, 0.717) is 19.3 Å². The third kappa shape index (κ3) is 38.0. The fourth-order valence-electron chi connectivity index (χ4n) is 6.54. The summed E-state index contributed by atoms with van der Waals surface area (Å²) in [5, 5.41) is 0. The number of carbonyl (C=O) groups is 3. The first-order valence-corrected chi connectivity index (χ1v) is 22.3. The van der Waals surface area contributed by atoms with Crippen LogP contribution >= 0.6 is 0 Å². The minimum Gasteiger partial charge on any atom is -0.462 e. The van der Waals surface area contributed by atoms with Gasteiger partial charge in [-0.2, -0.15) is 0 Å². The molecule has 51 heavy (non-hydrogen) atoms. The molecule has 0 saturated carbocycles. The van der Waals surface area contributed by atoms with Gasteiger partial charge >= 0.3 is 17.9 Å². The number of carbonyl (C=O) groups excluding carboxylic acids is 3. The highest BCUT2D eigenvalue weighted by Crippen LogP contribution is 2.17. The number of hydrogen-bond acceptors (Lipinski definition) is 6. The maximum atomic E-state index is 12.7. The number of hydrogen-bond donors (Lipinski definition) is 0. The van der Waals surface area contributed by atoms with Crippen molar-refractivity contribution in [3.05, 3.63) is 0 Å². The van der Waals surface area contributed by atoms with Crippen LogP contribution in [0.2, 0.25) is 0 Å². The summed E-state index contributed by atoms with van der Waals surface area (Å²) in [4.78, 5) is 37.6. The molecule has 0 aliphatic heterocycles. The second-order valence-corrected chi connectivity index (χ2v) is 16.1. The van der Waals surface area contributed by atoms with E-state index in [4.69, 9.17) is 14.2 Å². The molecule has 0 aliphatic carbocycles. The first-order valence-electron chi connectivity index (χ1n) is 22.3. The molecule has 0 N–H and O–H groups in total. The van der Waals surface area contributed by atoms with Gasteiger partial charge in [-0.25, -0.2) is 0 Å². The summed E-state index contributed by atoms with van der Waals surface area (Å²) < 4.78 is 16.7. The first-order chi connectivity index (χ1) is 24.8. The summed E-state index contributed by atoms with van der Waals surface area (Å²) in [6, 6.07) is 0. The number of rotatable bonds is 39. The van der Waals surface area contributed by atoms with Crippen molar-refractivity contribution in [1.29, 1.82) is 0 Å². The molecule has 302 valence electrons. The van der Waals surface area contributed by atoms with Gasteiger partial charge < -0.3 is 14.2 Å². The zero-order chi connectivity index (χ0) is 37.6. The molecule has 2 atom stereocenters. The maximum Gasteiger partial charge on any atom is 0.306 e. The van der Waals surface area contributed by atoms with E-state index in [0.717, 1.165) is 69.6 Å². The van der Waals surface area contributed by atoms with Crippen LogP contribution in [0, 0.1) is 11.8 Å². The molecule has 1 unspecified atom stereocenters. The summed E-state index contributed by atoms with van der Waals surface area (Å²) in [7, 11) is 0. The highest BCUT2D eigenvalue weighted by Gasteiger charge is 2.19. The van der Waals surface area contributed by atoms with Crippen LogP contribution in [0.25, 0.3) is 0 Å². The highest BCUT2D eigenvalue weighted by molar-refractivity contribution is 5.71. The lowest BCUT2D eigenvalue weighted by molar-refractivity contribution is -0.167. The molecule has 6 heteroatoms. The Morgan fingerprint density at radius 1 is 0.412 bits per heavy atom. The maximum absolute atomic E-state index is 12.7. The van der Waals surface area contributed by atoms with Crippen molar-refractivity contribution in [3.8, 4) is 0 Å². The third-order valence-electron chi connectivity index (χ3n) is 10.3. The molecule has 0 amide bonds. The predicted molar refractivity (Wildman–Crippen MR) is 215 cm³/mol. The van der Waals surface area contributed by atoms with Gasteiger partial charge in [-0.05, 0) is 31.1 Å². The normalized spacial score (nSPS) is 12.6. The second kappa shape index (κ2) is 38.1. The van der Waals surface area contributed by atoms with Crippen molar-refractivity contribution in [2.75, 3.05) is 13.2 Å². The topological polar surface area (TPSA) is 78.9 Å². The van der Waals surface area contributed by atoms with Crippen molar-refractivity contribution in [2.45, 2.75) is 246 Å². The molecule has 0 saturated heterocycles. The van der Waals surface area contributed by atoms with E-state index in [1.165, 1.54) is 128 Å². The quantitative estimate of drug-likeness (QED) is 0.0357. The second-order valence-electron chi connectivity index (χ2n) is 16.1. The minimum absolute atomic E-state index is 0.0659. The monoisotopic (exact) mass is 723 g/mol. The van der Waals surface area contributed by atoms with E-state index < -0.39 is 6.10 Å². The molecule has 0 aromatic carbocycles. The average molecular weight is 723 g/mol. The molecule has 0 aromatic rings. The van der Waals surface area contributed by atoms with E-state index in [2.05, 4.69) is 34.6 Å². The Kier molecular flexibility index (Phi) is 37.0. The summed E-state index contributed by atoms with van der Waals surface area (Å²) >= 11 is 0. The minimum atomic E-state index is -0.760. The molecule has 0 radical (unpaired) electrons. The fraction of sp³-hybridized carbons (Fsp3) is 0.933. The molecule has 0 spiro atoms. The Labute approximate surface area is 317 Å². The Bertz CT molecular complexity index is 781. The molecule has 0 fully saturated rings. The lowest BCUT2D eigenvalue weighted by Crippen LogP contribution is -2.30. The first kappa shape index (κ1) is 49.4. The van der Waals surface area contributed by atoms with Gasteiger partial charge in [0, 0.05) is 19.3 Å².